The van der Waals surface area contributed by atoms with E-state index >= 15 is 4.39 Å². The van der Waals surface area contributed by atoms with Gasteiger partial charge < -0.3 is 24.8 Å². The van der Waals surface area contributed by atoms with Crippen LogP contribution in [0.3, 0.4) is 0 Å². The Kier molecular flexibility index (Phi) is 7.96. The van der Waals surface area contributed by atoms with Gasteiger partial charge in [-0.2, -0.15) is 15.4 Å². The van der Waals surface area contributed by atoms with Crippen LogP contribution >= 0.6 is 7.75 Å². The standard InChI is InChI=1S/C23H26FN6O7P/c1-3-34-22(32)14(2)29-38(33,37-15-7-5-4-6-8-15)35-11-17-19(31)20(24)23(12-25,36-17)18-10-9-16-21(26)27-13-28-30(16)18/h4-10,13-14,17,19-20,31H,3,11H2,1-2H3,(H,29,33)(H2,26,27,28)/t14-,17+,19+,20+,23-,38?/m0/s1. The number of esters is 1. The number of hydrogen-bond acceptors (Lipinski definition) is 11. The van der Waals surface area contributed by atoms with Crippen LogP contribution in [0.25, 0.3) is 5.52 Å². The van der Waals surface area contributed by atoms with Crippen LogP contribution in [0, 0.1) is 11.3 Å². The number of nitrogen functional groups attached to an aromatic ring is 1. The van der Waals surface area contributed by atoms with Gasteiger partial charge in [-0.3, -0.25) is 9.32 Å². The summed E-state index contributed by atoms with van der Waals surface area (Å²) >= 11 is 0. The second-order valence-electron chi connectivity index (χ2n) is 8.36. The summed E-state index contributed by atoms with van der Waals surface area (Å²) in [6.07, 6.45) is -4.42. The number of carbonyl (C=O) groups excluding carboxylic acids is 1. The van der Waals surface area contributed by atoms with Gasteiger partial charge in [-0.1, -0.05) is 18.2 Å². The smallest absolute Gasteiger partial charge is 0.459 e. The molecule has 4 N–H and O–H groups in total. The number of rotatable bonds is 10. The average Bonchev–Trinajstić information content (AvgIpc) is 3.44. The molecule has 1 aromatic carbocycles. The number of carbonyl (C=O) groups is 1. The number of aliphatic hydroxyl groups is 1. The summed E-state index contributed by atoms with van der Waals surface area (Å²) < 4.78 is 52.0. The summed E-state index contributed by atoms with van der Waals surface area (Å²) in [6.45, 7) is 2.44. The number of nitrogens with two attached hydrogens (primary N) is 1. The van der Waals surface area contributed by atoms with Gasteiger partial charge in [-0.15, -0.1) is 0 Å². The highest BCUT2D eigenvalue weighted by molar-refractivity contribution is 7.52. The first-order chi connectivity index (χ1) is 18.1. The zero-order chi connectivity index (χ0) is 27.5. The molecule has 3 heterocycles. The number of hydrogen-bond donors (Lipinski definition) is 3. The quantitative estimate of drug-likeness (QED) is 0.247. The topological polar surface area (TPSA) is 183 Å². The van der Waals surface area contributed by atoms with E-state index in [0.717, 1.165) is 6.33 Å². The fourth-order valence-electron chi connectivity index (χ4n) is 3.95. The molecule has 4 rings (SSSR count). The van der Waals surface area contributed by atoms with Gasteiger partial charge >= 0.3 is 13.7 Å². The van der Waals surface area contributed by atoms with E-state index in [1.807, 2.05) is 0 Å². The number of ether oxygens (including phenoxy) is 2. The Balaban J connectivity index is 1.58. The van der Waals surface area contributed by atoms with E-state index in [0.29, 0.717) is 5.52 Å². The summed E-state index contributed by atoms with van der Waals surface area (Å²) in [7, 11) is -4.32. The van der Waals surface area contributed by atoms with Crippen LogP contribution in [-0.2, 0) is 29.0 Å². The van der Waals surface area contributed by atoms with Crippen LogP contribution in [0.4, 0.5) is 10.2 Å². The number of halogens is 1. The first-order valence-corrected chi connectivity index (χ1v) is 13.1. The minimum atomic E-state index is -4.32. The number of alkyl halides is 1. The van der Waals surface area contributed by atoms with Gasteiger partial charge in [0, 0.05) is 0 Å². The summed E-state index contributed by atoms with van der Waals surface area (Å²) in [6, 6.07) is 11.5. The van der Waals surface area contributed by atoms with Crippen molar-refractivity contribution in [3.05, 3.63) is 54.5 Å². The molecule has 0 amide bonds. The normalized spacial score (nSPS) is 25.4. The Morgan fingerprint density at radius 2 is 2.13 bits per heavy atom. The summed E-state index contributed by atoms with van der Waals surface area (Å²) in [5, 5.41) is 27.1. The van der Waals surface area contributed by atoms with E-state index in [9.17, 15) is 19.7 Å². The summed E-state index contributed by atoms with van der Waals surface area (Å²) in [5.41, 5.74) is 3.82. The fraction of sp³-hybridized carbons (Fsp3) is 0.391. The molecule has 202 valence electrons. The number of nitrogens with zero attached hydrogens (tertiary/aromatic N) is 4. The number of para-hydroxylation sites is 1. The maximum atomic E-state index is 15.5. The van der Waals surface area contributed by atoms with Crippen LogP contribution in [0.1, 0.15) is 19.5 Å². The third-order valence-corrected chi connectivity index (χ3v) is 7.45. The predicted molar refractivity (Wildman–Crippen MR) is 130 cm³/mol. The molecule has 1 aliphatic heterocycles. The molecule has 38 heavy (non-hydrogen) atoms. The van der Waals surface area contributed by atoms with Crippen molar-refractivity contribution in [3.8, 4) is 11.8 Å². The molecule has 0 bridgehead atoms. The molecule has 1 aliphatic rings. The number of nitrogens with one attached hydrogen (secondary N) is 1. The Bertz CT molecular complexity index is 1390. The van der Waals surface area contributed by atoms with Crippen LogP contribution in [0.15, 0.2) is 48.8 Å². The summed E-state index contributed by atoms with van der Waals surface area (Å²) in [4.78, 5) is 16.0. The van der Waals surface area contributed by atoms with Gasteiger partial charge in [-0.05, 0) is 38.1 Å². The van der Waals surface area contributed by atoms with Crippen LogP contribution in [0.5, 0.6) is 5.75 Å². The Labute approximate surface area is 216 Å². The minimum Gasteiger partial charge on any atom is -0.465 e. The van der Waals surface area contributed by atoms with Crippen molar-refractivity contribution < 1.29 is 37.4 Å². The van der Waals surface area contributed by atoms with Crippen molar-refractivity contribution in [1.29, 1.82) is 5.26 Å². The van der Waals surface area contributed by atoms with Gasteiger partial charge in [0.1, 0.15) is 41.9 Å². The van der Waals surface area contributed by atoms with Gasteiger partial charge in [0.2, 0.25) is 5.60 Å². The summed E-state index contributed by atoms with van der Waals surface area (Å²) in [5.74, 6) is -0.466. The highest BCUT2D eigenvalue weighted by Crippen LogP contribution is 2.47. The third kappa shape index (κ3) is 5.20. The molecule has 1 saturated heterocycles. The molecule has 2 aromatic heterocycles. The van der Waals surface area contributed by atoms with E-state index in [4.69, 9.17) is 24.3 Å². The SMILES string of the molecule is CCOC(=O)[C@H](C)NP(=O)(OC[C@H]1O[C@@](C#N)(c2ccc3c(N)ncnn23)[C@H](F)[C@@H]1O)Oc1ccccc1. The second-order valence-corrected chi connectivity index (χ2v) is 10.1. The van der Waals surface area contributed by atoms with Crippen molar-refractivity contribution in [3.63, 3.8) is 0 Å². The van der Waals surface area contributed by atoms with Crippen LogP contribution in [-0.4, -0.2) is 63.3 Å². The number of benzene rings is 1. The predicted octanol–water partition coefficient (Wildman–Crippen LogP) is 1.87. The molecule has 13 nitrogen and oxygen atoms in total. The van der Waals surface area contributed by atoms with Crippen molar-refractivity contribution in [1.82, 2.24) is 19.7 Å². The van der Waals surface area contributed by atoms with E-state index in [1.165, 1.54) is 35.7 Å². The Morgan fingerprint density at radius 3 is 2.82 bits per heavy atom. The molecular weight excluding hydrogens is 522 g/mol. The van der Waals surface area contributed by atoms with Gasteiger partial charge in [-0.25, -0.2) is 18.5 Å². The maximum absolute atomic E-state index is 15.5. The minimum absolute atomic E-state index is 0.0315. The maximum Gasteiger partial charge on any atom is 0.459 e. The van der Waals surface area contributed by atoms with Crippen LogP contribution in [0.2, 0.25) is 0 Å². The zero-order valence-corrected chi connectivity index (χ0v) is 21.3. The molecular formula is C23H26FN6O7P. The lowest BCUT2D eigenvalue weighted by molar-refractivity contribution is -0.144. The largest absolute Gasteiger partial charge is 0.465 e. The molecule has 1 fully saturated rings. The first-order valence-electron chi connectivity index (χ1n) is 11.6. The fourth-order valence-corrected chi connectivity index (χ4v) is 5.46. The second kappa shape index (κ2) is 11.0. The van der Waals surface area contributed by atoms with Gasteiger partial charge in [0.05, 0.1) is 18.9 Å². The Morgan fingerprint density at radius 1 is 1.39 bits per heavy atom. The third-order valence-electron chi connectivity index (χ3n) is 5.80. The van der Waals surface area contributed by atoms with Crippen molar-refractivity contribution >= 4 is 25.1 Å². The monoisotopic (exact) mass is 548 g/mol. The lowest BCUT2D eigenvalue weighted by Gasteiger charge is -2.25. The molecule has 6 atom stereocenters. The molecule has 0 spiro atoms. The van der Waals surface area contributed by atoms with Gasteiger partial charge in [0.25, 0.3) is 0 Å². The Hall–Kier alpha value is -3.60. The van der Waals surface area contributed by atoms with Gasteiger partial charge in [0.15, 0.2) is 12.0 Å². The van der Waals surface area contributed by atoms with Crippen molar-refractivity contribution in [2.75, 3.05) is 18.9 Å². The molecule has 3 aromatic rings. The van der Waals surface area contributed by atoms with E-state index in [-0.39, 0.29) is 23.9 Å². The van der Waals surface area contributed by atoms with E-state index in [2.05, 4.69) is 15.2 Å². The molecule has 0 saturated carbocycles. The zero-order valence-electron chi connectivity index (χ0n) is 20.4. The molecule has 0 radical (unpaired) electrons. The van der Waals surface area contributed by atoms with Crippen molar-refractivity contribution in [2.24, 2.45) is 0 Å². The molecule has 0 aliphatic carbocycles. The number of fused-ring (bicyclic) bond motifs is 1. The first kappa shape index (κ1) is 27.4. The number of aliphatic hydroxyl groups excluding tert-OH is 1. The number of nitriles is 1. The van der Waals surface area contributed by atoms with E-state index in [1.54, 1.807) is 31.2 Å². The van der Waals surface area contributed by atoms with E-state index < -0.39 is 50.3 Å². The number of anilines is 1. The average molecular weight is 548 g/mol. The highest BCUT2D eigenvalue weighted by Gasteiger charge is 2.59. The molecule has 15 heteroatoms. The highest BCUT2D eigenvalue weighted by atomic mass is 31.2. The van der Waals surface area contributed by atoms with Crippen molar-refractivity contribution in [2.45, 2.75) is 43.9 Å². The number of aromatic nitrogens is 3. The lowest BCUT2D eigenvalue weighted by atomic mass is 9.94. The van der Waals surface area contributed by atoms with Crippen LogP contribution < -0.4 is 15.3 Å². The molecule has 1 unspecified atom stereocenters. The lowest BCUT2D eigenvalue weighted by Crippen LogP contribution is -2.38.